The van der Waals surface area contributed by atoms with Crippen molar-refractivity contribution in [3.63, 3.8) is 0 Å². The van der Waals surface area contributed by atoms with Gasteiger partial charge in [0.25, 0.3) is 0 Å². The molecule has 3 heterocycles. The Hall–Kier alpha value is -3.95. The number of anilines is 2. The summed E-state index contributed by atoms with van der Waals surface area (Å²) >= 11 is 2.48. The second kappa shape index (κ2) is 15.3. The van der Waals surface area contributed by atoms with Gasteiger partial charge in [0.1, 0.15) is 0 Å². The molecule has 1 aliphatic heterocycles. The predicted molar refractivity (Wildman–Crippen MR) is 175 cm³/mol. The molecule has 0 N–H and O–H groups in total. The van der Waals surface area contributed by atoms with Crippen molar-refractivity contribution in [1.29, 1.82) is 0 Å². The second-order valence-corrected chi connectivity index (χ2v) is 11.0. The van der Waals surface area contributed by atoms with E-state index in [9.17, 15) is 0 Å². The molecule has 0 amide bonds. The third kappa shape index (κ3) is 8.30. The molecular formula is C37H39N4Ru. The molecule has 0 radical (unpaired) electrons. The first-order valence-corrected chi connectivity index (χ1v) is 15.2. The maximum Gasteiger partial charge on any atom is 0.0267 e. The van der Waals surface area contributed by atoms with Gasteiger partial charge in [0.2, 0.25) is 0 Å². The smallest absolute Gasteiger partial charge is 0.0267 e. The van der Waals surface area contributed by atoms with Crippen molar-refractivity contribution in [2.24, 2.45) is 0 Å². The van der Waals surface area contributed by atoms with Crippen LogP contribution in [0.5, 0.6) is 0 Å². The molecule has 4 nitrogen and oxygen atoms in total. The first-order chi connectivity index (χ1) is 20.4. The largest absolute Gasteiger partial charge is 0.265 e. The first-order valence-electron chi connectivity index (χ1n) is 14.2. The zero-order chi connectivity index (χ0) is 29.9. The topological polar surface area (TPSA) is 32.3 Å². The maximum atomic E-state index is 4.62. The zero-order valence-electron chi connectivity index (χ0n) is 25.1. The summed E-state index contributed by atoms with van der Waals surface area (Å²) in [6.07, 6.45) is 5.37. The minimum Gasteiger partial charge on any atom is -0.265 e. The quantitative estimate of drug-likeness (QED) is 0.147. The molecule has 0 aliphatic carbocycles. The van der Waals surface area contributed by atoms with Crippen LogP contribution in [0.3, 0.4) is 0 Å². The second-order valence-electron chi connectivity index (χ2n) is 10.5. The van der Waals surface area contributed by atoms with E-state index in [1.54, 1.807) is 12.4 Å². The summed E-state index contributed by atoms with van der Waals surface area (Å²) in [6.45, 7) is 15.2. The van der Waals surface area contributed by atoms with Crippen LogP contribution in [0.2, 0.25) is 0 Å². The van der Waals surface area contributed by atoms with Gasteiger partial charge in [0.15, 0.2) is 0 Å². The molecular weight excluding hydrogens is 602 g/mol. The Morgan fingerprint density at radius 2 is 1.17 bits per heavy atom. The van der Waals surface area contributed by atoms with Gasteiger partial charge in [-0.1, -0.05) is 41.5 Å². The van der Waals surface area contributed by atoms with Crippen molar-refractivity contribution < 1.29 is 17.9 Å². The normalized spacial score (nSPS) is 12.1. The standard InChI is InChI=1S/C25H28N3.C7H6.C5H5N.Ru/c1-17-12-19(3)24(20(4)13-17)27-10-11-28(16-27)25-21(5)14-18(2)15-22(25)23-8-6-7-9-26-23;1-7-5-3-2-4-6-7;1-2-4-6-5-3-1;/h6-9,12-16H,10-11H2,1-5H3;1-6H;1-5H;/q-1;;;+1. The van der Waals surface area contributed by atoms with Gasteiger partial charge in [-0.05, 0) is 81.6 Å². The van der Waals surface area contributed by atoms with Crippen LogP contribution in [0.15, 0.2) is 110 Å². The molecule has 2 aromatic heterocycles. The Labute approximate surface area is 261 Å². The monoisotopic (exact) mass is 641 g/mol. The molecule has 0 spiro atoms. The molecule has 1 aliphatic rings. The van der Waals surface area contributed by atoms with Crippen LogP contribution in [0.4, 0.5) is 11.4 Å². The van der Waals surface area contributed by atoms with Crippen molar-refractivity contribution >= 4 is 16.0 Å². The predicted octanol–water partition coefficient (Wildman–Crippen LogP) is 8.20. The van der Waals surface area contributed by atoms with Crippen molar-refractivity contribution in [3.05, 3.63) is 150 Å². The van der Waals surface area contributed by atoms with Crippen molar-refractivity contribution in [3.8, 4) is 11.3 Å². The minimum atomic E-state index is 0.969. The van der Waals surface area contributed by atoms with E-state index in [1.807, 2.05) is 53.3 Å². The average molecular weight is 641 g/mol. The molecule has 0 saturated carbocycles. The van der Waals surface area contributed by atoms with Gasteiger partial charge in [-0.25, -0.2) is 0 Å². The van der Waals surface area contributed by atoms with E-state index in [4.69, 9.17) is 0 Å². The van der Waals surface area contributed by atoms with Gasteiger partial charge in [0.05, 0.1) is 5.69 Å². The summed E-state index contributed by atoms with van der Waals surface area (Å²) in [5, 5.41) is 0. The van der Waals surface area contributed by atoms with Gasteiger partial charge in [-0.15, -0.1) is 0 Å². The van der Waals surface area contributed by atoms with E-state index < -0.39 is 0 Å². The molecule has 1 saturated heterocycles. The van der Waals surface area contributed by atoms with Crippen molar-refractivity contribution in [1.82, 2.24) is 9.97 Å². The Morgan fingerprint density at radius 1 is 0.643 bits per heavy atom. The molecule has 42 heavy (non-hydrogen) atoms. The van der Waals surface area contributed by atoms with Gasteiger partial charge in [-0.2, -0.15) is 6.67 Å². The van der Waals surface area contributed by atoms with Crippen LogP contribution < -0.4 is 9.80 Å². The van der Waals surface area contributed by atoms with Gasteiger partial charge < -0.3 is 9.80 Å². The molecule has 6 rings (SSSR count). The fraction of sp³-hybridized carbons (Fsp3) is 0.189. The average Bonchev–Trinajstić information content (AvgIpc) is 3.47. The van der Waals surface area contributed by atoms with Crippen LogP contribution >= 0.6 is 0 Å². The molecule has 0 bridgehead atoms. The molecule has 3 aromatic carbocycles. The van der Waals surface area contributed by atoms with E-state index in [2.05, 4.69) is 127 Å². The summed E-state index contributed by atoms with van der Waals surface area (Å²) in [7, 11) is 0. The maximum absolute atomic E-state index is 4.62. The number of aryl methyl sites for hydroxylation is 5. The summed E-state index contributed by atoms with van der Waals surface area (Å²) in [5.74, 6) is 0. The molecule has 5 heteroatoms. The number of benzene rings is 3. The Bertz CT molecular complexity index is 1520. The van der Waals surface area contributed by atoms with Gasteiger partial charge in [0, 0.05) is 48.6 Å². The summed E-state index contributed by atoms with van der Waals surface area (Å²) < 4.78 is 2.01. The van der Waals surface area contributed by atoms with E-state index in [0.29, 0.717) is 0 Å². The number of aromatic nitrogens is 2. The molecule has 0 atom stereocenters. The van der Waals surface area contributed by atoms with Crippen LogP contribution in [0.25, 0.3) is 11.3 Å². The zero-order valence-corrected chi connectivity index (χ0v) is 26.8. The number of pyridine rings is 2. The summed E-state index contributed by atoms with van der Waals surface area (Å²) in [4.78, 5) is 13.2. The molecule has 1 fully saturated rings. The van der Waals surface area contributed by atoms with E-state index in [-0.39, 0.29) is 0 Å². The van der Waals surface area contributed by atoms with Crippen LogP contribution in [-0.2, 0) is 17.9 Å². The number of nitrogens with zero attached hydrogens (tertiary/aromatic N) is 4. The molecule has 215 valence electrons. The van der Waals surface area contributed by atoms with Gasteiger partial charge >= 0.3 is 58.4 Å². The Balaban J connectivity index is 0.000000235. The summed E-state index contributed by atoms with van der Waals surface area (Å²) in [5.41, 5.74) is 12.6. The SMILES string of the molecule is Cc1cc(C)c(N2[CH-]N(c3c(C)cc(C)cc3-c3ccccn3)CC2)c(C)c1.[Ru+]=[CH]c1ccccc1.c1ccncc1. The number of hydrogen-bond donors (Lipinski definition) is 0. The third-order valence-corrected chi connectivity index (χ3v) is 7.52. The summed E-state index contributed by atoms with van der Waals surface area (Å²) in [6, 6.07) is 31.1. The molecule has 0 unspecified atom stereocenters. The van der Waals surface area contributed by atoms with Crippen LogP contribution in [0.1, 0.15) is 33.4 Å². The fourth-order valence-corrected chi connectivity index (χ4v) is 5.69. The van der Waals surface area contributed by atoms with Crippen molar-refractivity contribution in [2.75, 3.05) is 22.9 Å². The van der Waals surface area contributed by atoms with Crippen molar-refractivity contribution in [2.45, 2.75) is 34.6 Å². The fourth-order valence-electron chi connectivity index (χ4n) is 5.36. The minimum absolute atomic E-state index is 0.969. The number of rotatable bonds is 4. The van der Waals surface area contributed by atoms with Gasteiger partial charge in [-0.3, -0.25) is 9.97 Å². The number of hydrogen-bond acceptors (Lipinski definition) is 4. The van der Waals surface area contributed by atoms with E-state index in [1.165, 1.54) is 50.3 Å². The third-order valence-electron chi connectivity index (χ3n) is 6.94. The van der Waals surface area contributed by atoms with Crippen LogP contribution in [0, 0.1) is 41.3 Å². The first kappa shape index (κ1) is 31.0. The van der Waals surface area contributed by atoms with Crippen LogP contribution in [-0.4, -0.2) is 27.7 Å². The Kier molecular flexibility index (Phi) is 11.3. The van der Waals surface area contributed by atoms with E-state index >= 15 is 0 Å². The van der Waals surface area contributed by atoms with E-state index in [0.717, 1.165) is 18.8 Å². The Morgan fingerprint density at radius 3 is 1.67 bits per heavy atom. The molecule has 5 aromatic rings.